The Morgan fingerprint density at radius 2 is 2.37 bits per heavy atom. The second kappa shape index (κ2) is 4.19. The van der Waals surface area contributed by atoms with Crippen LogP contribution >= 0.6 is 15.9 Å². The number of hydrogen-bond donors (Lipinski definition) is 1. The number of esters is 1. The molecule has 2 aromatic rings. The fourth-order valence-electron chi connectivity index (χ4n) is 2.11. The SMILES string of the molecule is CCC1(C(=O)Oc2nc(Br)c3c(N)nccn23)CC1. The van der Waals surface area contributed by atoms with Crippen LogP contribution in [-0.2, 0) is 4.79 Å². The fraction of sp³-hybridized carbons (Fsp3) is 0.417. The van der Waals surface area contributed by atoms with Crippen LogP contribution in [0.2, 0.25) is 0 Å². The van der Waals surface area contributed by atoms with Crippen LogP contribution < -0.4 is 10.5 Å². The molecule has 0 saturated heterocycles. The van der Waals surface area contributed by atoms with E-state index >= 15 is 0 Å². The molecule has 7 heteroatoms. The fourth-order valence-corrected chi connectivity index (χ4v) is 2.66. The van der Waals surface area contributed by atoms with E-state index in [0.717, 1.165) is 19.3 Å². The van der Waals surface area contributed by atoms with E-state index in [1.807, 2.05) is 6.92 Å². The predicted molar refractivity (Wildman–Crippen MR) is 72.7 cm³/mol. The highest BCUT2D eigenvalue weighted by Gasteiger charge is 2.50. The Bertz CT molecular complexity index is 663. The third kappa shape index (κ3) is 1.88. The molecule has 0 aliphatic heterocycles. The molecule has 1 saturated carbocycles. The van der Waals surface area contributed by atoms with Crippen LogP contribution in [0.4, 0.5) is 5.82 Å². The lowest BCUT2D eigenvalue weighted by Crippen LogP contribution is -2.22. The van der Waals surface area contributed by atoms with Gasteiger partial charge >= 0.3 is 12.0 Å². The highest BCUT2D eigenvalue weighted by molar-refractivity contribution is 9.10. The van der Waals surface area contributed by atoms with Gasteiger partial charge in [0.2, 0.25) is 0 Å². The van der Waals surface area contributed by atoms with Crippen molar-refractivity contribution in [1.29, 1.82) is 0 Å². The lowest BCUT2D eigenvalue weighted by molar-refractivity contribution is -0.141. The first-order valence-electron chi connectivity index (χ1n) is 6.08. The summed E-state index contributed by atoms with van der Waals surface area (Å²) < 4.78 is 7.56. The molecule has 3 rings (SSSR count). The van der Waals surface area contributed by atoms with Gasteiger partial charge in [-0.2, -0.15) is 4.98 Å². The van der Waals surface area contributed by atoms with Gasteiger partial charge in [0.05, 0.1) is 5.41 Å². The summed E-state index contributed by atoms with van der Waals surface area (Å²) in [4.78, 5) is 20.3. The summed E-state index contributed by atoms with van der Waals surface area (Å²) >= 11 is 3.30. The number of halogens is 1. The molecule has 1 fully saturated rings. The molecule has 0 bridgehead atoms. The number of hydrogen-bond acceptors (Lipinski definition) is 5. The molecule has 0 atom stereocenters. The van der Waals surface area contributed by atoms with Crippen molar-refractivity contribution < 1.29 is 9.53 Å². The highest BCUT2D eigenvalue weighted by Crippen LogP contribution is 2.49. The third-order valence-corrected chi connectivity index (χ3v) is 4.21. The molecule has 0 unspecified atom stereocenters. The largest absolute Gasteiger partial charge is 0.391 e. The van der Waals surface area contributed by atoms with Gasteiger partial charge in [-0.1, -0.05) is 6.92 Å². The van der Waals surface area contributed by atoms with Gasteiger partial charge in [0.15, 0.2) is 5.82 Å². The first kappa shape index (κ1) is 12.4. The number of aromatic nitrogens is 3. The Morgan fingerprint density at radius 3 is 3.00 bits per heavy atom. The summed E-state index contributed by atoms with van der Waals surface area (Å²) in [5, 5.41) is 0. The summed E-state index contributed by atoms with van der Waals surface area (Å²) in [5.74, 6) is 0.116. The normalized spacial score (nSPS) is 16.5. The van der Waals surface area contributed by atoms with Gasteiger partial charge in [0, 0.05) is 12.4 Å². The molecular weight excluding hydrogens is 312 g/mol. The van der Waals surface area contributed by atoms with Gasteiger partial charge in [-0.25, -0.2) is 4.98 Å². The van der Waals surface area contributed by atoms with Crippen molar-refractivity contribution in [1.82, 2.24) is 14.4 Å². The molecule has 0 aromatic carbocycles. The maximum Gasteiger partial charge on any atom is 0.319 e. The van der Waals surface area contributed by atoms with Crippen molar-refractivity contribution in [3.8, 4) is 6.01 Å². The quantitative estimate of drug-likeness (QED) is 0.875. The molecule has 100 valence electrons. The van der Waals surface area contributed by atoms with Crippen LogP contribution in [0.3, 0.4) is 0 Å². The van der Waals surface area contributed by atoms with Gasteiger partial charge < -0.3 is 10.5 Å². The smallest absolute Gasteiger partial charge is 0.319 e. The van der Waals surface area contributed by atoms with Crippen LogP contribution in [0.1, 0.15) is 26.2 Å². The van der Waals surface area contributed by atoms with Gasteiger partial charge in [-0.3, -0.25) is 9.20 Å². The van der Waals surface area contributed by atoms with Gasteiger partial charge in [0.25, 0.3) is 0 Å². The standard InChI is InChI=1S/C12H13BrN4O2/c1-2-12(3-4-12)10(18)19-11-16-8(13)7-9(14)15-5-6-17(7)11/h5-6H,2-4H2,1H3,(H2,14,15). The van der Waals surface area contributed by atoms with Gasteiger partial charge in [0.1, 0.15) is 10.1 Å². The van der Waals surface area contributed by atoms with Crippen molar-refractivity contribution in [2.75, 3.05) is 5.73 Å². The Hall–Kier alpha value is -1.63. The Balaban J connectivity index is 1.98. The zero-order chi connectivity index (χ0) is 13.6. The summed E-state index contributed by atoms with van der Waals surface area (Å²) in [6.07, 6.45) is 5.77. The number of nitrogen functional groups attached to an aromatic ring is 1. The minimum atomic E-state index is -0.309. The first-order valence-corrected chi connectivity index (χ1v) is 6.87. The zero-order valence-electron chi connectivity index (χ0n) is 10.4. The minimum Gasteiger partial charge on any atom is -0.391 e. The number of nitrogens with two attached hydrogens (primary N) is 1. The molecule has 2 aromatic heterocycles. The van der Waals surface area contributed by atoms with E-state index in [-0.39, 0.29) is 17.4 Å². The van der Waals surface area contributed by atoms with Crippen LogP contribution in [0, 0.1) is 5.41 Å². The van der Waals surface area contributed by atoms with Crippen LogP contribution in [0.15, 0.2) is 17.0 Å². The molecule has 0 spiro atoms. The molecular formula is C12H13BrN4O2. The van der Waals surface area contributed by atoms with E-state index in [2.05, 4.69) is 25.9 Å². The van der Waals surface area contributed by atoms with E-state index in [4.69, 9.17) is 10.5 Å². The Morgan fingerprint density at radius 1 is 1.63 bits per heavy atom. The summed E-state index contributed by atoms with van der Waals surface area (Å²) in [7, 11) is 0. The second-order valence-electron chi connectivity index (χ2n) is 4.74. The number of nitrogens with zero attached hydrogens (tertiary/aromatic N) is 3. The average molecular weight is 325 g/mol. The number of rotatable bonds is 3. The Labute approximate surface area is 118 Å². The number of fused-ring (bicyclic) bond motifs is 1. The van der Waals surface area contributed by atoms with Crippen molar-refractivity contribution in [2.45, 2.75) is 26.2 Å². The van der Waals surface area contributed by atoms with Crippen LogP contribution in [0.5, 0.6) is 6.01 Å². The maximum absolute atomic E-state index is 12.1. The van der Waals surface area contributed by atoms with Gasteiger partial charge in [-0.05, 0) is 35.2 Å². The number of carbonyl (C=O) groups is 1. The van der Waals surface area contributed by atoms with E-state index in [9.17, 15) is 4.79 Å². The number of ether oxygens (including phenoxy) is 1. The highest BCUT2D eigenvalue weighted by atomic mass is 79.9. The number of carbonyl (C=O) groups excluding carboxylic acids is 1. The monoisotopic (exact) mass is 324 g/mol. The topological polar surface area (TPSA) is 82.5 Å². The molecule has 0 amide bonds. The predicted octanol–water partition coefficient (Wildman–Crippen LogP) is 2.17. The summed E-state index contributed by atoms with van der Waals surface area (Å²) in [6, 6.07) is 0.223. The molecule has 19 heavy (non-hydrogen) atoms. The number of anilines is 1. The maximum atomic E-state index is 12.1. The summed E-state index contributed by atoms with van der Waals surface area (Å²) in [6.45, 7) is 2.00. The van der Waals surface area contributed by atoms with E-state index in [1.165, 1.54) is 0 Å². The molecule has 6 nitrogen and oxygen atoms in total. The third-order valence-electron chi connectivity index (χ3n) is 3.66. The molecule has 2 N–H and O–H groups in total. The van der Waals surface area contributed by atoms with E-state index in [1.54, 1.807) is 16.8 Å². The van der Waals surface area contributed by atoms with Gasteiger partial charge in [-0.15, -0.1) is 0 Å². The van der Waals surface area contributed by atoms with Crippen LogP contribution in [0.25, 0.3) is 5.52 Å². The molecule has 0 radical (unpaired) electrons. The lowest BCUT2D eigenvalue weighted by atomic mass is 10.1. The minimum absolute atomic E-state index is 0.218. The first-order chi connectivity index (χ1) is 9.07. The molecule has 1 aliphatic rings. The van der Waals surface area contributed by atoms with Crippen molar-refractivity contribution in [2.24, 2.45) is 5.41 Å². The summed E-state index contributed by atoms with van der Waals surface area (Å²) in [5.41, 5.74) is 6.08. The van der Waals surface area contributed by atoms with Crippen molar-refractivity contribution >= 4 is 33.2 Å². The van der Waals surface area contributed by atoms with Crippen molar-refractivity contribution in [3.05, 3.63) is 17.0 Å². The van der Waals surface area contributed by atoms with Crippen LogP contribution in [-0.4, -0.2) is 20.3 Å². The lowest BCUT2D eigenvalue weighted by Gasteiger charge is -2.10. The zero-order valence-corrected chi connectivity index (χ0v) is 12.0. The number of imidazole rings is 1. The van der Waals surface area contributed by atoms with Crippen molar-refractivity contribution in [3.63, 3.8) is 0 Å². The van der Waals surface area contributed by atoms with E-state index < -0.39 is 0 Å². The Kier molecular flexibility index (Phi) is 2.74. The second-order valence-corrected chi connectivity index (χ2v) is 5.49. The average Bonchev–Trinajstić information content (AvgIpc) is 3.12. The van der Waals surface area contributed by atoms with E-state index in [0.29, 0.717) is 15.9 Å². The molecule has 1 aliphatic carbocycles. The molecule has 2 heterocycles.